The van der Waals surface area contributed by atoms with Crippen LogP contribution in [-0.2, 0) is 9.59 Å². The topological polar surface area (TPSA) is 119 Å². The van der Waals surface area contributed by atoms with Gasteiger partial charge in [-0.15, -0.1) is 13.2 Å². The summed E-state index contributed by atoms with van der Waals surface area (Å²) in [6.07, 6.45) is -2.97. The predicted octanol–water partition coefficient (Wildman–Crippen LogP) is -2.33. The van der Waals surface area contributed by atoms with Gasteiger partial charge in [0.15, 0.2) is 12.2 Å². The summed E-state index contributed by atoms with van der Waals surface area (Å²) in [5.74, 6) is -1.81. The molecule has 0 aliphatic rings. The molecule has 18 heavy (non-hydrogen) atoms. The van der Waals surface area contributed by atoms with Gasteiger partial charge in [0.1, 0.15) is 6.10 Å². The largest absolute Gasteiger partial charge is 0.387 e. The molecule has 0 saturated heterocycles. The van der Waals surface area contributed by atoms with E-state index in [9.17, 15) is 24.9 Å². The van der Waals surface area contributed by atoms with Crippen LogP contribution in [0, 0.1) is 0 Å². The normalized spacial score (nSPS) is 15.1. The molecule has 0 aliphatic heterocycles. The Morgan fingerprint density at radius 3 is 1.56 bits per heavy atom. The number of aliphatic hydroxyl groups excluding tert-OH is 3. The van der Waals surface area contributed by atoms with Crippen molar-refractivity contribution in [1.82, 2.24) is 10.6 Å². The van der Waals surface area contributed by atoms with Crippen LogP contribution in [0.1, 0.15) is 0 Å². The first-order valence-corrected chi connectivity index (χ1v) is 5.27. The third-order valence-electron chi connectivity index (χ3n) is 2.03. The summed E-state index contributed by atoms with van der Waals surface area (Å²) < 4.78 is 0. The van der Waals surface area contributed by atoms with E-state index >= 15 is 0 Å². The van der Waals surface area contributed by atoms with Gasteiger partial charge in [-0.25, -0.2) is 0 Å². The van der Waals surface area contributed by atoms with Crippen LogP contribution in [0.2, 0.25) is 0 Å². The number of nitrogens with one attached hydrogen (secondary N) is 2. The van der Waals surface area contributed by atoms with Gasteiger partial charge in [-0.05, 0) is 0 Å². The molecule has 7 heteroatoms. The van der Waals surface area contributed by atoms with Gasteiger partial charge in [0.05, 0.1) is 0 Å². The van der Waals surface area contributed by atoms with Gasteiger partial charge in [-0.1, -0.05) is 12.2 Å². The molecule has 0 saturated carbocycles. The number of rotatable bonds is 8. The van der Waals surface area contributed by atoms with Gasteiger partial charge in [0, 0.05) is 13.1 Å². The highest BCUT2D eigenvalue weighted by Crippen LogP contribution is 2.01. The lowest BCUT2D eigenvalue weighted by Crippen LogP contribution is -2.52. The quantitative estimate of drug-likeness (QED) is 0.313. The van der Waals surface area contributed by atoms with Crippen LogP contribution in [0.3, 0.4) is 0 Å². The van der Waals surface area contributed by atoms with Crippen molar-refractivity contribution in [2.75, 3.05) is 13.1 Å². The Kier molecular flexibility index (Phi) is 7.61. The van der Waals surface area contributed by atoms with Crippen LogP contribution in [0.25, 0.3) is 0 Å². The van der Waals surface area contributed by atoms with Crippen LogP contribution in [0.4, 0.5) is 0 Å². The lowest BCUT2D eigenvalue weighted by Gasteiger charge is -2.21. The maximum absolute atomic E-state index is 11.3. The Bertz CT molecular complexity index is 289. The maximum Gasteiger partial charge on any atom is 0.251 e. The molecular formula is C11H18N2O5. The Labute approximate surface area is 105 Å². The molecular weight excluding hydrogens is 240 g/mol. The molecule has 0 spiro atoms. The first-order chi connectivity index (χ1) is 8.45. The molecule has 0 aromatic rings. The molecule has 7 nitrogen and oxygen atoms in total. The summed E-state index contributed by atoms with van der Waals surface area (Å²) in [4.78, 5) is 22.5. The fourth-order valence-corrected chi connectivity index (χ4v) is 1.04. The summed E-state index contributed by atoms with van der Waals surface area (Å²) in [5, 5.41) is 32.7. The average Bonchev–Trinajstić information content (AvgIpc) is 2.39. The number of carbonyl (C=O) groups is 2. The fraction of sp³-hybridized carbons (Fsp3) is 0.455. The van der Waals surface area contributed by atoms with Crippen LogP contribution < -0.4 is 10.6 Å². The minimum absolute atomic E-state index is 0.0986. The standard InChI is InChI=1S/C11H18N2O5/c1-3-5-12-10(17)8(15)7(14)9(16)11(18)13-6-4-2/h3-4,7-9,14-16H,1-2,5-6H2,(H,12,17)(H,13,18)/t7?,8-,9+. The van der Waals surface area contributed by atoms with E-state index in [1.165, 1.54) is 12.2 Å². The molecule has 0 radical (unpaired) electrons. The molecule has 1 unspecified atom stereocenters. The minimum Gasteiger partial charge on any atom is -0.387 e. The number of hydrogen-bond donors (Lipinski definition) is 5. The molecule has 0 bridgehead atoms. The number of hydrogen-bond acceptors (Lipinski definition) is 5. The highest BCUT2D eigenvalue weighted by molar-refractivity contribution is 5.85. The molecule has 0 aromatic carbocycles. The summed E-state index contributed by atoms with van der Waals surface area (Å²) in [6, 6.07) is 0. The van der Waals surface area contributed by atoms with Crippen molar-refractivity contribution in [2.45, 2.75) is 18.3 Å². The van der Waals surface area contributed by atoms with Gasteiger partial charge in [-0.2, -0.15) is 0 Å². The molecule has 2 amide bonds. The third-order valence-corrected chi connectivity index (χ3v) is 2.03. The van der Waals surface area contributed by atoms with Crippen LogP contribution in [0.15, 0.2) is 25.3 Å². The Balaban J connectivity index is 4.37. The SMILES string of the molecule is C=CCNC(=O)[C@@H](O)C(O)[C@@H](O)C(=O)NCC=C. The average molecular weight is 258 g/mol. The zero-order chi connectivity index (χ0) is 14.1. The maximum atomic E-state index is 11.3. The summed E-state index contributed by atoms with van der Waals surface area (Å²) >= 11 is 0. The Morgan fingerprint density at radius 1 is 0.944 bits per heavy atom. The monoisotopic (exact) mass is 258 g/mol. The third kappa shape index (κ3) is 5.09. The fourth-order valence-electron chi connectivity index (χ4n) is 1.04. The lowest BCUT2D eigenvalue weighted by atomic mass is 10.1. The number of amides is 2. The molecule has 0 rings (SSSR count). The van der Waals surface area contributed by atoms with E-state index in [0.29, 0.717) is 0 Å². The summed E-state index contributed by atoms with van der Waals surface area (Å²) in [5.41, 5.74) is 0. The van der Waals surface area contributed by atoms with E-state index in [1.807, 2.05) is 0 Å². The highest BCUT2D eigenvalue weighted by atomic mass is 16.4. The molecule has 0 heterocycles. The molecule has 3 atom stereocenters. The smallest absolute Gasteiger partial charge is 0.251 e. The van der Waals surface area contributed by atoms with E-state index in [1.54, 1.807) is 0 Å². The van der Waals surface area contributed by atoms with Crippen molar-refractivity contribution in [3.8, 4) is 0 Å². The Hall–Kier alpha value is -1.70. The predicted molar refractivity (Wildman–Crippen MR) is 64.4 cm³/mol. The van der Waals surface area contributed by atoms with Crippen molar-refractivity contribution in [1.29, 1.82) is 0 Å². The van der Waals surface area contributed by atoms with Crippen molar-refractivity contribution < 1.29 is 24.9 Å². The van der Waals surface area contributed by atoms with E-state index in [2.05, 4.69) is 23.8 Å². The lowest BCUT2D eigenvalue weighted by molar-refractivity contribution is -0.148. The van der Waals surface area contributed by atoms with Crippen molar-refractivity contribution in [3.05, 3.63) is 25.3 Å². The summed E-state index contributed by atoms with van der Waals surface area (Å²) in [6.45, 7) is 6.90. The van der Waals surface area contributed by atoms with Crippen molar-refractivity contribution in [3.63, 3.8) is 0 Å². The van der Waals surface area contributed by atoms with Crippen LogP contribution in [0.5, 0.6) is 0 Å². The van der Waals surface area contributed by atoms with Crippen LogP contribution in [-0.4, -0.2) is 58.5 Å². The van der Waals surface area contributed by atoms with Gasteiger partial charge < -0.3 is 26.0 Å². The Morgan fingerprint density at radius 2 is 1.28 bits per heavy atom. The highest BCUT2D eigenvalue weighted by Gasteiger charge is 2.33. The molecule has 102 valence electrons. The van der Waals surface area contributed by atoms with Crippen LogP contribution >= 0.6 is 0 Å². The summed E-state index contributed by atoms with van der Waals surface area (Å²) in [7, 11) is 0. The van der Waals surface area contributed by atoms with E-state index in [-0.39, 0.29) is 13.1 Å². The van der Waals surface area contributed by atoms with Crippen molar-refractivity contribution in [2.24, 2.45) is 0 Å². The minimum atomic E-state index is -1.92. The second kappa shape index (κ2) is 8.40. The second-order valence-corrected chi connectivity index (χ2v) is 3.45. The molecule has 0 fully saturated rings. The van der Waals surface area contributed by atoms with E-state index in [4.69, 9.17) is 0 Å². The zero-order valence-electron chi connectivity index (χ0n) is 9.87. The number of aliphatic hydroxyl groups is 3. The molecule has 5 N–H and O–H groups in total. The molecule has 0 aromatic heterocycles. The molecule has 0 aliphatic carbocycles. The van der Waals surface area contributed by atoms with E-state index < -0.39 is 30.1 Å². The van der Waals surface area contributed by atoms with Gasteiger partial charge >= 0.3 is 0 Å². The van der Waals surface area contributed by atoms with E-state index in [0.717, 1.165) is 0 Å². The first kappa shape index (κ1) is 16.3. The van der Waals surface area contributed by atoms with Crippen molar-refractivity contribution >= 4 is 11.8 Å². The number of carbonyl (C=O) groups excluding carboxylic acids is 2. The zero-order valence-corrected chi connectivity index (χ0v) is 9.87. The van der Waals surface area contributed by atoms with Gasteiger partial charge in [0.2, 0.25) is 0 Å². The van der Waals surface area contributed by atoms with Gasteiger partial charge in [-0.3, -0.25) is 9.59 Å². The van der Waals surface area contributed by atoms with Gasteiger partial charge in [0.25, 0.3) is 11.8 Å². The second-order valence-electron chi connectivity index (χ2n) is 3.45. The first-order valence-electron chi connectivity index (χ1n) is 5.27.